The summed E-state index contributed by atoms with van der Waals surface area (Å²) in [5.74, 6) is 8.23. The lowest BCUT2D eigenvalue weighted by Gasteiger charge is -2.19. The van der Waals surface area contributed by atoms with Crippen molar-refractivity contribution < 1.29 is 0 Å². The number of anilines is 2. The Morgan fingerprint density at radius 3 is 2.41 bits per heavy atom. The Bertz CT molecular complexity index is 386. The Balaban J connectivity index is 2.24. The van der Waals surface area contributed by atoms with E-state index >= 15 is 0 Å². The summed E-state index contributed by atoms with van der Waals surface area (Å²) < 4.78 is 0. The fourth-order valence-corrected chi connectivity index (χ4v) is 2.10. The summed E-state index contributed by atoms with van der Waals surface area (Å²) in [7, 11) is 0. The lowest BCUT2D eigenvalue weighted by Crippen LogP contribution is -2.21. The minimum Gasteiger partial charge on any atom is -0.367 e. The number of nitrogens with two attached hydrogens (primary N) is 1. The van der Waals surface area contributed by atoms with Crippen molar-refractivity contribution in [3.05, 3.63) is 11.9 Å². The van der Waals surface area contributed by atoms with E-state index in [0.717, 1.165) is 17.3 Å². The van der Waals surface area contributed by atoms with E-state index in [1.165, 1.54) is 12.8 Å². The van der Waals surface area contributed by atoms with Crippen LogP contribution in [0.1, 0.15) is 45.1 Å². The molecular formula is C12H21N5. The minimum atomic E-state index is 0.330. The number of hydrazine groups is 1. The predicted molar refractivity (Wildman–Crippen MR) is 69.7 cm³/mol. The van der Waals surface area contributed by atoms with Crippen LogP contribution in [0.25, 0.3) is 0 Å². The summed E-state index contributed by atoms with van der Waals surface area (Å²) in [4.78, 5) is 8.50. The first-order valence-electron chi connectivity index (χ1n) is 6.21. The van der Waals surface area contributed by atoms with Crippen LogP contribution < -0.4 is 16.6 Å². The second kappa shape index (κ2) is 4.87. The van der Waals surface area contributed by atoms with Gasteiger partial charge in [-0.2, -0.15) is 0 Å². The summed E-state index contributed by atoms with van der Waals surface area (Å²) >= 11 is 0. The van der Waals surface area contributed by atoms with Crippen LogP contribution in [0.15, 0.2) is 6.33 Å². The molecule has 4 N–H and O–H groups in total. The normalized spacial score (nSPS) is 17.0. The van der Waals surface area contributed by atoms with Gasteiger partial charge in [0.05, 0.1) is 0 Å². The third-order valence-electron chi connectivity index (χ3n) is 3.29. The zero-order valence-electron chi connectivity index (χ0n) is 10.7. The lowest BCUT2D eigenvalue weighted by atomic mass is 10.0. The van der Waals surface area contributed by atoms with Gasteiger partial charge in [-0.25, -0.2) is 15.8 Å². The van der Waals surface area contributed by atoms with E-state index < -0.39 is 0 Å². The number of hydrogen-bond acceptors (Lipinski definition) is 5. The van der Waals surface area contributed by atoms with Crippen LogP contribution >= 0.6 is 0 Å². The monoisotopic (exact) mass is 235 g/mol. The zero-order valence-corrected chi connectivity index (χ0v) is 10.7. The van der Waals surface area contributed by atoms with E-state index in [-0.39, 0.29) is 0 Å². The van der Waals surface area contributed by atoms with E-state index in [1.54, 1.807) is 6.33 Å². The summed E-state index contributed by atoms with van der Waals surface area (Å²) in [5.41, 5.74) is 3.70. The molecular weight excluding hydrogens is 214 g/mol. The highest BCUT2D eigenvalue weighted by Gasteiger charge is 2.29. The Hall–Kier alpha value is -1.36. The number of rotatable bonds is 5. The number of nitrogens with one attached hydrogen (secondary N) is 2. The number of nitrogen functional groups attached to an aromatic ring is 1. The number of hydrogen-bond donors (Lipinski definition) is 3. The van der Waals surface area contributed by atoms with Crippen LogP contribution in [-0.4, -0.2) is 16.0 Å². The smallest absolute Gasteiger partial charge is 0.148 e. The third-order valence-corrected chi connectivity index (χ3v) is 3.29. The van der Waals surface area contributed by atoms with Crippen molar-refractivity contribution in [1.82, 2.24) is 9.97 Å². The van der Waals surface area contributed by atoms with E-state index in [4.69, 9.17) is 5.84 Å². The molecule has 5 heteroatoms. The molecule has 1 heterocycles. The molecule has 0 radical (unpaired) electrons. The molecule has 1 atom stereocenters. The quantitative estimate of drug-likeness (QED) is 0.538. The molecule has 0 amide bonds. The summed E-state index contributed by atoms with van der Waals surface area (Å²) in [5, 5.41) is 3.48. The Kier molecular flexibility index (Phi) is 3.47. The van der Waals surface area contributed by atoms with Crippen LogP contribution in [0.3, 0.4) is 0 Å². The van der Waals surface area contributed by atoms with E-state index in [9.17, 15) is 0 Å². The van der Waals surface area contributed by atoms with Crippen molar-refractivity contribution in [3.8, 4) is 0 Å². The van der Waals surface area contributed by atoms with E-state index in [2.05, 4.69) is 41.5 Å². The molecule has 2 rings (SSSR count). The van der Waals surface area contributed by atoms with Crippen molar-refractivity contribution in [1.29, 1.82) is 0 Å². The summed E-state index contributed by atoms with van der Waals surface area (Å²) in [6, 6.07) is 0.466. The van der Waals surface area contributed by atoms with Gasteiger partial charge in [-0.05, 0) is 31.6 Å². The zero-order chi connectivity index (χ0) is 12.4. The van der Waals surface area contributed by atoms with Crippen molar-refractivity contribution in [2.24, 2.45) is 11.8 Å². The SMILES string of the molecule is CC(C)c1c(NN)ncnc1NC(C)C1CC1. The van der Waals surface area contributed by atoms with Crippen LogP contribution in [0.4, 0.5) is 11.6 Å². The standard InChI is InChI=1S/C12H21N5/c1-7(2)10-11(14-6-15-12(10)17-13)16-8(3)9-4-5-9/h6-9H,4-5,13H2,1-3H3,(H2,14,15,16,17). The van der Waals surface area contributed by atoms with Crippen LogP contribution in [0.2, 0.25) is 0 Å². The Morgan fingerprint density at radius 1 is 1.24 bits per heavy atom. The van der Waals surface area contributed by atoms with Crippen molar-refractivity contribution in [3.63, 3.8) is 0 Å². The molecule has 0 saturated heterocycles. The van der Waals surface area contributed by atoms with Crippen molar-refractivity contribution in [2.45, 2.75) is 45.6 Å². The van der Waals surface area contributed by atoms with E-state index in [1.807, 2.05) is 0 Å². The maximum Gasteiger partial charge on any atom is 0.148 e. The molecule has 1 aliphatic rings. The molecule has 1 aromatic heterocycles. The highest BCUT2D eigenvalue weighted by atomic mass is 15.3. The van der Waals surface area contributed by atoms with Gasteiger partial charge in [0.15, 0.2) is 0 Å². The molecule has 17 heavy (non-hydrogen) atoms. The molecule has 1 saturated carbocycles. The molecule has 1 aliphatic carbocycles. The minimum absolute atomic E-state index is 0.330. The average Bonchev–Trinajstić information content (AvgIpc) is 3.11. The van der Waals surface area contributed by atoms with Gasteiger partial charge in [-0.15, -0.1) is 0 Å². The third kappa shape index (κ3) is 2.66. The maximum atomic E-state index is 5.49. The second-order valence-corrected chi connectivity index (χ2v) is 5.05. The summed E-state index contributed by atoms with van der Waals surface area (Å²) in [6.07, 6.45) is 4.18. The van der Waals surface area contributed by atoms with Gasteiger partial charge in [-0.3, -0.25) is 0 Å². The second-order valence-electron chi connectivity index (χ2n) is 5.05. The molecule has 0 aliphatic heterocycles. The number of nitrogens with zero attached hydrogens (tertiary/aromatic N) is 2. The van der Waals surface area contributed by atoms with Gasteiger partial charge in [0.25, 0.3) is 0 Å². The molecule has 5 nitrogen and oxygen atoms in total. The van der Waals surface area contributed by atoms with Crippen LogP contribution in [-0.2, 0) is 0 Å². The fraction of sp³-hybridized carbons (Fsp3) is 0.667. The average molecular weight is 235 g/mol. The molecule has 0 spiro atoms. The van der Waals surface area contributed by atoms with Gasteiger partial charge in [0, 0.05) is 11.6 Å². The molecule has 0 aromatic carbocycles. The molecule has 94 valence electrons. The topological polar surface area (TPSA) is 75.9 Å². The van der Waals surface area contributed by atoms with Gasteiger partial charge in [-0.1, -0.05) is 13.8 Å². The fourth-order valence-electron chi connectivity index (χ4n) is 2.10. The first kappa shape index (κ1) is 12.1. The first-order chi connectivity index (χ1) is 8.13. The van der Waals surface area contributed by atoms with Crippen molar-refractivity contribution in [2.75, 3.05) is 10.7 Å². The molecule has 1 unspecified atom stereocenters. The number of aromatic nitrogens is 2. The van der Waals surface area contributed by atoms with Crippen molar-refractivity contribution >= 4 is 11.6 Å². The predicted octanol–water partition coefficient (Wildman–Crippen LogP) is 2.10. The maximum absolute atomic E-state index is 5.49. The van der Waals surface area contributed by atoms with Crippen LogP contribution in [0.5, 0.6) is 0 Å². The van der Waals surface area contributed by atoms with Gasteiger partial charge in [0.2, 0.25) is 0 Å². The lowest BCUT2D eigenvalue weighted by molar-refractivity contribution is 0.685. The molecule has 1 aromatic rings. The van der Waals surface area contributed by atoms with Gasteiger partial charge in [0.1, 0.15) is 18.0 Å². The van der Waals surface area contributed by atoms with E-state index in [0.29, 0.717) is 17.8 Å². The largest absolute Gasteiger partial charge is 0.367 e. The van der Waals surface area contributed by atoms with Gasteiger partial charge < -0.3 is 10.7 Å². The van der Waals surface area contributed by atoms with Gasteiger partial charge >= 0.3 is 0 Å². The first-order valence-corrected chi connectivity index (χ1v) is 6.21. The molecule has 1 fully saturated rings. The molecule has 0 bridgehead atoms. The Morgan fingerprint density at radius 2 is 1.88 bits per heavy atom. The summed E-state index contributed by atoms with van der Waals surface area (Å²) in [6.45, 7) is 6.44. The Labute approximate surface area is 102 Å². The highest BCUT2D eigenvalue weighted by Crippen LogP contribution is 2.35. The highest BCUT2D eigenvalue weighted by molar-refractivity contribution is 5.58. The van der Waals surface area contributed by atoms with Crippen LogP contribution in [0, 0.1) is 5.92 Å².